The molecule has 0 bridgehead atoms. The smallest absolute Gasteiger partial charge is 0.123 e. The summed E-state index contributed by atoms with van der Waals surface area (Å²) in [5.41, 5.74) is 2.11. The van der Waals surface area contributed by atoms with E-state index in [1.54, 1.807) is 6.20 Å². The van der Waals surface area contributed by atoms with Crippen LogP contribution in [0.15, 0.2) is 30.5 Å². The van der Waals surface area contributed by atoms with Crippen molar-refractivity contribution in [3.63, 3.8) is 0 Å². The minimum atomic E-state index is 0.462. The quantitative estimate of drug-likeness (QED) is 0.746. The van der Waals surface area contributed by atoms with E-state index in [0.29, 0.717) is 6.42 Å². The molecular weight excluding hydrogens is 176 g/mol. The first-order valence-electron chi connectivity index (χ1n) is 4.43. The summed E-state index contributed by atoms with van der Waals surface area (Å²) in [7, 11) is 0. The molecule has 0 aliphatic rings. The number of nitrogens with zero attached hydrogens (tertiary/aromatic N) is 1. The molecule has 14 heavy (non-hydrogen) atoms. The Kier molecular flexibility index (Phi) is 2.40. The molecule has 0 spiro atoms. The van der Waals surface area contributed by atoms with Crippen LogP contribution in [0.3, 0.4) is 0 Å². The summed E-state index contributed by atoms with van der Waals surface area (Å²) in [6.45, 7) is 0. The number of aldehydes is 1. The van der Waals surface area contributed by atoms with Gasteiger partial charge in [-0.15, -0.1) is 0 Å². The highest BCUT2D eigenvalue weighted by atomic mass is 16.1. The van der Waals surface area contributed by atoms with Crippen LogP contribution in [0.1, 0.15) is 12.0 Å². The van der Waals surface area contributed by atoms with Crippen molar-refractivity contribution in [1.82, 2.24) is 10.2 Å². The second kappa shape index (κ2) is 3.87. The maximum Gasteiger partial charge on any atom is 0.123 e. The number of hydrogen-bond acceptors (Lipinski definition) is 2. The molecule has 3 nitrogen and oxygen atoms in total. The maximum atomic E-state index is 10.1. The Bertz CT molecular complexity index is 471. The predicted molar refractivity (Wildman–Crippen MR) is 55.8 cm³/mol. The first-order valence-corrected chi connectivity index (χ1v) is 4.43. The normalized spacial score (nSPS) is 11.1. The lowest BCUT2D eigenvalue weighted by molar-refractivity contribution is -0.107. The molecule has 3 heteroatoms. The van der Waals surface area contributed by atoms with E-state index < -0.39 is 0 Å². The predicted octanol–water partition coefficient (Wildman–Crippen LogP) is 2.17. The second-order valence-corrected chi connectivity index (χ2v) is 3.02. The number of H-pyrrole nitrogens is 1. The van der Waals surface area contributed by atoms with Crippen LogP contribution in [0.5, 0.6) is 0 Å². The van der Waals surface area contributed by atoms with Crippen LogP contribution in [0.25, 0.3) is 17.0 Å². The Balaban J connectivity index is 2.29. The summed E-state index contributed by atoms with van der Waals surface area (Å²) in [6, 6.07) is 5.99. The van der Waals surface area contributed by atoms with Crippen molar-refractivity contribution < 1.29 is 4.79 Å². The minimum absolute atomic E-state index is 0.462. The number of benzene rings is 1. The van der Waals surface area contributed by atoms with Gasteiger partial charge < -0.3 is 4.79 Å². The number of nitrogens with one attached hydrogen (secondary N) is 1. The van der Waals surface area contributed by atoms with Gasteiger partial charge in [-0.05, 0) is 17.7 Å². The van der Waals surface area contributed by atoms with Crippen LogP contribution in [0.2, 0.25) is 0 Å². The van der Waals surface area contributed by atoms with Gasteiger partial charge in [0.15, 0.2) is 0 Å². The summed E-state index contributed by atoms with van der Waals surface area (Å²) >= 11 is 0. The molecule has 0 unspecified atom stereocenters. The van der Waals surface area contributed by atoms with Crippen molar-refractivity contribution in [3.8, 4) is 0 Å². The maximum absolute atomic E-state index is 10.1. The third-order valence-corrected chi connectivity index (χ3v) is 2.01. The molecular formula is C11H10N2O. The third-order valence-electron chi connectivity index (χ3n) is 2.01. The molecule has 1 aromatic heterocycles. The van der Waals surface area contributed by atoms with E-state index in [0.717, 1.165) is 22.8 Å². The third kappa shape index (κ3) is 1.71. The summed E-state index contributed by atoms with van der Waals surface area (Å²) in [4.78, 5) is 10.1. The molecule has 0 fully saturated rings. The average molecular weight is 186 g/mol. The van der Waals surface area contributed by atoms with Gasteiger partial charge in [0.05, 0.1) is 11.7 Å². The van der Waals surface area contributed by atoms with Gasteiger partial charge in [0.1, 0.15) is 6.29 Å². The molecule has 0 atom stereocenters. The first kappa shape index (κ1) is 8.69. The Labute approximate surface area is 81.4 Å². The SMILES string of the molecule is O=CCC=Cc1ccc2[nH]ncc2c1. The molecule has 0 aliphatic heterocycles. The van der Waals surface area contributed by atoms with Gasteiger partial charge in [-0.25, -0.2) is 0 Å². The molecule has 0 aliphatic carbocycles. The number of fused-ring (bicyclic) bond motifs is 1. The number of aromatic amines is 1. The number of allylic oxidation sites excluding steroid dienone is 1. The van der Waals surface area contributed by atoms with Crippen molar-refractivity contribution in [1.29, 1.82) is 0 Å². The molecule has 1 heterocycles. The largest absolute Gasteiger partial charge is 0.303 e. The fraction of sp³-hybridized carbons (Fsp3) is 0.0909. The van der Waals surface area contributed by atoms with Crippen molar-refractivity contribution >= 4 is 23.3 Å². The van der Waals surface area contributed by atoms with E-state index in [4.69, 9.17) is 0 Å². The van der Waals surface area contributed by atoms with Crippen LogP contribution in [-0.4, -0.2) is 16.5 Å². The molecule has 70 valence electrons. The van der Waals surface area contributed by atoms with E-state index in [1.165, 1.54) is 0 Å². The highest BCUT2D eigenvalue weighted by Gasteiger charge is 1.94. The lowest BCUT2D eigenvalue weighted by atomic mass is 10.1. The lowest BCUT2D eigenvalue weighted by Crippen LogP contribution is -1.73. The van der Waals surface area contributed by atoms with E-state index in [9.17, 15) is 4.79 Å². The van der Waals surface area contributed by atoms with Gasteiger partial charge >= 0.3 is 0 Å². The zero-order valence-corrected chi connectivity index (χ0v) is 7.60. The van der Waals surface area contributed by atoms with Gasteiger partial charge in [-0.2, -0.15) is 5.10 Å². The number of rotatable bonds is 3. The topological polar surface area (TPSA) is 45.8 Å². The molecule has 1 N–H and O–H groups in total. The highest BCUT2D eigenvalue weighted by molar-refractivity contribution is 5.80. The highest BCUT2D eigenvalue weighted by Crippen LogP contribution is 2.13. The zero-order chi connectivity index (χ0) is 9.80. The molecule has 1 aromatic carbocycles. The van der Waals surface area contributed by atoms with Gasteiger partial charge in [0, 0.05) is 11.8 Å². The minimum Gasteiger partial charge on any atom is -0.303 e. The van der Waals surface area contributed by atoms with Crippen molar-refractivity contribution in [2.24, 2.45) is 0 Å². The van der Waals surface area contributed by atoms with Crippen molar-refractivity contribution in [3.05, 3.63) is 36.0 Å². The van der Waals surface area contributed by atoms with E-state index >= 15 is 0 Å². The fourth-order valence-corrected chi connectivity index (χ4v) is 1.32. The molecule has 0 amide bonds. The average Bonchev–Trinajstić information content (AvgIpc) is 2.65. The summed E-state index contributed by atoms with van der Waals surface area (Å²) in [5.74, 6) is 0. The Morgan fingerprint density at radius 2 is 2.36 bits per heavy atom. The van der Waals surface area contributed by atoms with Crippen LogP contribution < -0.4 is 0 Å². The van der Waals surface area contributed by atoms with E-state index in [-0.39, 0.29) is 0 Å². The first-order chi connectivity index (χ1) is 6.90. The Morgan fingerprint density at radius 3 is 3.21 bits per heavy atom. The van der Waals surface area contributed by atoms with Crippen LogP contribution >= 0.6 is 0 Å². The number of hydrogen-bond donors (Lipinski definition) is 1. The number of aromatic nitrogens is 2. The van der Waals surface area contributed by atoms with E-state index in [1.807, 2.05) is 30.4 Å². The number of carbonyl (C=O) groups is 1. The molecule has 2 rings (SSSR count). The van der Waals surface area contributed by atoms with Crippen molar-refractivity contribution in [2.45, 2.75) is 6.42 Å². The number of carbonyl (C=O) groups excluding carboxylic acids is 1. The standard InChI is InChI=1S/C11H10N2O/c14-6-2-1-3-9-4-5-11-10(7-9)8-12-13-11/h1,3-8H,2H2,(H,12,13). The lowest BCUT2D eigenvalue weighted by Gasteiger charge is -1.92. The summed E-state index contributed by atoms with van der Waals surface area (Å²) in [6.07, 6.45) is 6.90. The molecule has 0 saturated carbocycles. The van der Waals surface area contributed by atoms with Gasteiger partial charge in [-0.1, -0.05) is 18.2 Å². The van der Waals surface area contributed by atoms with Crippen LogP contribution in [0, 0.1) is 0 Å². The summed E-state index contributed by atoms with van der Waals surface area (Å²) in [5, 5.41) is 7.90. The molecule has 2 aromatic rings. The van der Waals surface area contributed by atoms with Crippen LogP contribution in [0.4, 0.5) is 0 Å². The zero-order valence-electron chi connectivity index (χ0n) is 7.60. The molecule has 0 radical (unpaired) electrons. The molecule has 0 saturated heterocycles. The van der Waals surface area contributed by atoms with Gasteiger partial charge in [0.2, 0.25) is 0 Å². The van der Waals surface area contributed by atoms with E-state index in [2.05, 4.69) is 10.2 Å². The Morgan fingerprint density at radius 1 is 1.43 bits per heavy atom. The summed E-state index contributed by atoms with van der Waals surface area (Å²) < 4.78 is 0. The monoisotopic (exact) mass is 186 g/mol. The fourth-order valence-electron chi connectivity index (χ4n) is 1.32. The van der Waals surface area contributed by atoms with Crippen molar-refractivity contribution in [2.75, 3.05) is 0 Å². The Hall–Kier alpha value is -1.90. The van der Waals surface area contributed by atoms with Crippen LogP contribution in [-0.2, 0) is 4.79 Å². The van der Waals surface area contributed by atoms with Gasteiger partial charge in [-0.3, -0.25) is 5.10 Å². The second-order valence-electron chi connectivity index (χ2n) is 3.02. The van der Waals surface area contributed by atoms with Gasteiger partial charge in [0.25, 0.3) is 0 Å².